The number of methoxy groups -OCH3 is 4. The summed E-state index contributed by atoms with van der Waals surface area (Å²) in [6.45, 7) is 4.85. The summed E-state index contributed by atoms with van der Waals surface area (Å²) in [5, 5.41) is 0. The molecule has 0 fully saturated rings. The molecule has 0 heterocycles. The van der Waals surface area contributed by atoms with E-state index in [2.05, 4.69) is 0 Å². The Balaban J connectivity index is 2.78. The lowest BCUT2D eigenvalue weighted by molar-refractivity contribution is -0.151. The van der Waals surface area contributed by atoms with Crippen LogP contribution in [-0.4, -0.2) is 57.2 Å². The minimum absolute atomic E-state index is 0.0357. The van der Waals surface area contributed by atoms with Gasteiger partial charge in [-0.25, -0.2) is 0 Å². The van der Waals surface area contributed by atoms with Crippen molar-refractivity contribution in [1.29, 1.82) is 0 Å². The van der Waals surface area contributed by atoms with Crippen LogP contribution in [0.1, 0.15) is 41.5 Å². The standard InChI is InChI=1S/C24H29O9P/c1-24(2,3)33-19(25)14-34(28,22(26)20-15(29-4)10-8-11-16(20)30-5)23(27)21-17(31-6)12-9-13-18(21)32-7/h8-13H,14H2,1-7H3. The van der Waals surface area contributed by atoms with Gasteiger partial charge in [0.15, 0.2) is 0 Å². The maximum Gasteiger partial charge on any atom is 0.314 e. The third kappa shape index (κ3) is 5.59. The van der Waals surface area contributed by atoms with Gasteiger partial charge in [-0.1, -0.05) is 12.1 Å². The Hall–Kier alpha value is -3.32. The predicted octanol–water partition coefficient (Wildman–Crippen LogP) is 4.41. The second kappa shape index (κ2) is 10.7. The molecule has 0 aliphatic rings. The maximum absolute atomic E-state index is 14.4. The van der Waals surface area contributed by atoms with Crippen LogP contribution in [-0.2, 0) is 14.1 Å². The fourth-order valence-electron chi connectivity index (χ4n) is 3.28. The number of esters is 1. The summed E-state index contributed by atoms with van der Waals surface area (Å²) in [6.07, 6.45) is -0.968. The van der Waals surface area contributed by atoms with Crippen LogP contribution < -0.4 is 18.9 Å². The molecule has 184 valence electrons. The molecule has 2 aromatic carbocycles. The highest BCUT2D eigenvalue weighted by Gasteiger charge is 2.47. The maximum atomic E-state index is 14.4. The molecule has 0 bridgehead atoms. The number of hydrogen-bond acceptors (Lipinski definition) is 9. The van der Waals surface area contributed by atoms with Crippen molar-refractivity contribution in [2.24, 2.45) is 0 Å². The molecule has 0 radical (unpaired) electrons. The number of rotatable bonds is 10. The van der Waals surface area contributed by atoms with Gasteiger partial charge < -0.3 is 28.2 Å². The average molecular weight is 492 g/mol. The van der Waals surface area contributed by atoms with Crippen molar-refractivity contribution in [3.8, 4) is 23.0 Å². The molecule has 2 rings (SSSR count). The summed E-state index contributed by atoms with van der Waals surface area (Å²) in [5.74, 6) is -0.829. The first-order chi connectivity index (χ1) is 15.9. The Morgan fingerprint density at radius 3 is 1.29 bits per heavy atom. The lowest BCUT2D eigenvalue weighted by Gasteiger charge is -2.23. The fraction of sp³-hybridized carbons (Fsp3) is 0.375. The monoisotopic (exact) mass is 492 g/mol. The molecule has 0 amide bonds. The van der Waals surface area contributed by atoms with Crippen molar-refractivity contribution < 1.29 is 42.6 Å². The van der Waals surface area contributed by atoms with Gasteiger partial charge in [0.25, 0.3) is 0 Å². The smallest absolute Gasteiger partial charge is 0.314 e. The topological polar surface area (TPSA) is 114 Å². The van der Waals surface area contributed by atoms with E-state index in [9.17, 15) is 18.9 Å². The van der Waals surface area contributed by atoms with Crippen LogP contribution in [0.15, 0.2) is 36.4 Å². The highest BCUT2D eigenvalue weighted by atomic mass is 31.2. The van der Waals surface area contributed by atoms with Crippen LogP contribution >= 0.6 is 7.14 Å². The first-order valence-electron chi connectivity index (χ1n) is 10.3. The van der Waals surface area contributed by atoms with Gasteiger partial charge in [-0.3, -0.25) is 14.4 Å². The van der Waals surface area contributed by atoms with Gasteiger partial charge in [-0.05, 0) is 45.0 Å². The van der Waals surface area contributed by atoms with Crippen molar-refractivity contribution in [1.82, 2.24) is 0 Å². The van der Waals surface area contributed by atoms with E-state index in [1.54, 1.807) is 32.9 Å². The van der Waals surface area contributed by atoms with E-state index in [0.717, 1.165) is 0 Å². The summed E-state index contributed by atoms with van der Waals surface area (Å²) in [7, 11) is 0.539. The van der Waals surface area contributed by atoms with Crippen LogP contribution in [0.25, 0.3) is 0 Å². The largest absolute Gasteiger partial charge is 0.496 e. The van der Waals surface area contributed by atoms with Crippen molar-refractivity contribution in [3.05, 3.63) is 47.5 Å². The quantitative estimate of drug-likeness (QED) is 0.351. The van der Waals surface area contributed by atoms with Crippen LogP contribution in [0.2, 0.25) is 0 Å². The summed E-state index contributed by atoms with van der Waals surface area (Å²) < 4.78 is 40.7. The van der Waals surface area contributed by atoms with Crippen LogP contribution in [0.5, 0.6) is 23.0 Å². The molecule has 0 atom stereocenters. The molecule has 0 saturated carbocycles. The highest BCUT2D eigenvalue weighted by molar-refractivity contribution is 7.96. The van der Waals surface area contributed by atoms with Gasteiger partial charge in [0.1, 0.15) is 45.9 Å². The van der Waals surface area contributed by atoms with E-state index in [1.165, 1.54) is 52.7 Å². The molecule has 10 heteroatoms. The van der Waals surface area contributed by atoms with E-state index < -0.39 is 35.9 Å². The summed E-state index contributed by atoms with van der Waals surface area (Å²) in [4.78, 5) is 40.4. The van der Waals surface area contributed by atoms with Crippen molar-refractivity contribution in [2.75, 3.05) is 34.6 Å². The zero-order chi connectivity index (χ0) is 25.7. The molecule has 9 nitrogen and oxygen atoms in total. The first-order valence-corrected chi connectivity index (χ1v) is 12.1. The first kappa shape index (κ1) is 26.9. The van der Waals surface area contributed by atoms with E-state index >= 15 is 0 Å². The highest BCUT2D eigenvalue weighted by Crippen LogP contribution is 2.56. The third-order valence-electron chi connectivity index (χ3n) is 4.71. The normalized spacial score (nSPS) is 11.4. The lowest BCUT2D eigenvalue weighted by atomic mass is 10.2. The molecular weight excluding hydrogens is 463 g/mol. The van der Waals surface area contributed by atoms with Crippen LogP contribution in [0.4, 0.5) is 0 Å². The van der Waals surface area contributed by atoms with E-state index in [1.807, 2.05) is 0 Å². The third-order valence-corrected chi connectivity index (χ3v) is 7.17. The van der Waals surface area contributed by atoms with Gasteiger partial charge in [-0.15, -0.1) is 0 Å². The summed E-state index contributed by atoms with van der Waals surface area (Å²) >= 11 is 0. The second-order valence-corrected chi connectivity index (χ2v) is 10.8. The Labute approximate surface area is 198 Å². The molecular formula is C24H29O9P. The Morgan fingerprint density at radius 2 is 1.03 bits per heavy atom. The average Bonchev–Trinajstić information content (AvgIpc) is 2.80. The van der Waals surface area contributed by atoms with Crippen molar-refractivity contribution >= 4 is 24.2 Å². The molecule has 34 heavy (non-hydrogen) atoms. The van der Waals surface area contributed by atoms with Gasteiger partial charge in [0, 0.05) is 0 Å². The molecule has 0 aliphatic carbocycles. The summed E-state index contributed by atoms with van der Waals surface area (Å²) in [6, 6.07) is 8.98. The van der Waals surface area contributed by atoms with Gasteiger partial charge in [0.05, 0.1) is 28.4 Å². The minimum Gasteiger partial charge on any atom is -0.496 e. The molecule has 0 aliphatic heterocycles. The molecule has 0 N–H and O–H groups in total. The second-order valence-electron chi connectivity index (χ2n) is 8.17. The number of benzene rings is 2. The number of carbonyl (C=O) groups is 3. The Morgan fingerprint density at radius 1 is 0.706 bits per heavy atom. The zero-order valence-electron chi connectivity index (χ0n) is 20.3. The molecule has 2 aromatic rings. The summed E-state index contributed by atoms with van der Waals surface area (Å²) in [5.41, 5.74) is -3.59. The van der Waals surface area contributed by atoms with Crippen molar-refractivity contribution in [3.63, 3.8) is 0 Å². The predicted molar refractivity (Wildman–Crippen MR) is 126 cm³/mol. The lowest BCUT2D eigenvalue weighted by Crippen LogP contribution is -2.28. The fourth-order valence-corrected chi connectivity index (χ4v) is 5.34. The minimum atomic E-state index is -4.72. The van der Waals surface area contributed by atoms with E-state index in [0.29, 0.717) is 0 Å². The molecule has 0 saturated heterocycles. The molecule has 0 unspecified atom stereocenters. The van der Waals surface area contributed by atoms with E-state index in [4.69, 9.17) is 23.7 Å². The molecule has 0 aromatic heterocycles. The van der Waals surface area contributed by atoms with E-state index in [-0.39, 0.29) is 34.1 Å². The number of carbonyl (C=O) groups excluding carboxylic acids is 3. The Bertz CT molecular complexity index is 1020. The van der Waals surface area contributed by atoms with Gasteiger partial charge in [0.2, 0.25) is 18.2 Å². The zero-order valence-corrected chi connectivity index (χ0v) is 21.2. The number of hydrogen-bond donors (Lipinski definition) is 0. The van der Waals surface area contributed by atoms with Gasteiger partial charge >= 0.3 is 5.97 Å². The van der Waals surface area contributed by atoms with Gasteiger partial charge in [-0.2, -0.15) is 0 Å². The van der Waals surface area contributed by atoms with Crippen LogP contribution in [0, 0.1) is 0 Å². The SMILES string of the molecule is COc1cccc(OC)c1C(=O)P(=O)(CC(=O)OC(C)(C)C)C(=O)c1c(OC)cccc1OC. The Kier molecular flexibility index (Phi) is 8.51. The van der Waals surface area contributed by atoms with Crippen molar-refractivity contribution in [2.45, 2.75) is 26.4 Å². The number of ether oxygens (including phenoxy) is 5. The van der Waals surface area contributed by atoms with Crippen LogP contribution in [0.3, 0.4) is 0 Å². The molecule has 0 spiro atoms.